The molecule has 0 fully saturated rings. The second kappa shape index (κ2) is 5.81. The van der Waals surface area contributed by atoms with E-state index in [4.69, 9.17) is 16.3 Å². The normalized spacial score (nSPS) is 10.5. The molecule has 0 aliphatic rings. The smallest absolute Gasteiger partial charge is 0.171 e. The molecule has 0 radical (unpaired) electrons. The molecule has 1 heterocycles. The molecule has 84 valence electrons. The van der Waals surface area contributed by atoms with Gasteiger partial charge >= 0.3 is 0 Å². The van der Waals surface area contributed by atoms with Crippen LogP contribution in [0, 0.1) is 0 Å². The Kier molecular flexibility index (Phi) is 4.69. The van der Waals surface area contributed by atoms with Gasteiger partial charge < -0.3 is 9.64 Å². The summed E-state index contributed by atoms with van der Waals surface area (Å²) in [6.45, 7) is 4.75. The number of aromatic nitrogens is 1. The van der Waals surface area contributed by atoms with E-state index in [0.717, 1.165) is 18.1 Å². The Morgan fingerprint density at radius 1 is 1.53 bits per heavy atom. The van der Waals surface area contributed by atoms with Crippen LogP contribution in [0.15, 0.2) is 18.3 Å². The first-order valence-corrected chi connectivity index (χ1v) is 5.57. The molecule has 0 N–H and O–H groups in total. The van der Waals surface area contributed by atoms with Crippen molar-refractivity contribution in [1.82, 2.24) is 4.98 Å². The number of hydrogen-bond acceptors (Lipinski definition) is 3. The lowest BCUT2D eigenvalue weighted by atomic mass is 10.4. The summed E-state index contributed by atoms with van der Waals surface area (Å²) in [7, 11) is 1.96. The molecule has 0 aliphatic carbocycles. The summed E-state index contributed by atoms with van der Waals surface area (Å²) in [4.78, 5) is 6.28. The van der Waals surface area contributed by atoms with Gasteiger partial charge in [0.25, 0.3) is 0 Å². The van der Waals surface area contributed by atoms with Gasteiger partial charge in [-0.1, -0.05) is 0 Å². The highest BCUT2D eigenvalue weighted by Crippen LogP contribution is 2.24. The van der Waals surface area contributed by atoms with Gasteiger partial charge in [0.15, 0.2) is 11.6 Å². The molecule has 0 unspecified atom stereocenters. The quantitative estimate of drug-likeness (QED) is 0.725. The Bertz CT molecular complexity index is 304. The lowest BCUT2D eigenvalue weighted by molar-refractivity contribution is 0.242. The molecular weight excluding hydrogens is 212 g/mol. The molecule has 0 saturated heterocycles. The van der Waals surface area contributed by atoms with Crippen molar-refractivity contribution in [2.75, 3.05) is 24.4 Å². The number of ether oxygens (including phenoxy) is 1. The molecule has 1 aromatic heterocycles. The monoisotopic (exact) mass is 228 g/mol. The Morgan fingerprint density at radius 2 is 2.27 bits per heavy atom. The van der Waals surface area contributed by atoms with Crippen LogP contribution in [0.25, 0.3) is 0 Å². The molecular formula is C11H17ClN2O. The second-order valence-electron chi connectivity index (χ2n) is 3.60. The van der Waals surface area contributed by atoms with Gasteiger partial charge in [-0.3, -0.25) is 0 Å². The number of hydrogen-bond donors (Lipinski definition) is 0. The maximum Gasteiger partial charge on any atom is 0.171 e. The van der Waals surface area contributed by atoms with Gasteiger partial charge in [0.2, 0.25) is 0 Å². The van der Waals surface area contributed by atoms with Crippen molar-refractivity contribution in [3.05, 3.63) is 18.3 Å². The molecule has 0 saturated carbocycles. The Morgan fingerprint density at radius 3 is 2.87 bits per heavy atom. The van der Waals surface area contributed by atoms with E-state index in [1.165, 1.54) is 0 Å². The fraction of sp³-hybridized carbons (Fsp3) is 0.545. The summed E-state index contributed by atoms with van der Waals surface area (Å²) in [5.41, 5.74) is 0. The van der Waals surface area contributed by atoms with Gasteiger partial charge in [-0.25, -0.2) is 4.98 Å². The van der Waals surface area contributed by atoms with Crippen molar-refractivity contribution in [2.24, 2.45) is 0 Å². The fourth-order valence-electron chi connectivity index (χ4n) is 1.25. The summed E-state index contributed by atoms with van der Waals surface area (Å²) < 4.78 is 5.67. The van der Waals surface area contributed by atoms with Crippen molar-refractivity contribution in [3.8, 4) is 5.75 Å². The predicted molar refractivity (Wildman–Crippen MR) is 64.0 cm³/mol. The zero-order valence-electron chi connectivity index (χ0n) is 9.40. The number of anilines is 1. The first-order valence-electron chi connectivity index (χ1n) is 5.04. The van der Waals surface area contributed by atoms with Crippen molar-refractivity contribution >= 4 is 17.4 Å². The van der Waals surface area contributed by atoms with Crippen LogP contribution < -0.4 is 9.64 Å². The number of alkyl halides is 1. The number of halogens is 1. The number of nitrogens with zero attached hydrogens (tertiary/aromatic N) is 2. The molecule has 1 rings (SSSR count). The van der Waals surface area contributed by atoms with E-state index in [2.05, 4.69) is 4.98 Å². The second-order valence-corrected chi connectivity index (χ2v) is 3.98. The summed E-state index contributed by atoms with van der Waals surface area (Å²) in [5, 5.41) is 0. The SMILES string of the molecule is CC(C)Oc1cccnc1N(C)CCCl. The van der Waals surface area contributed by atoms with Gasteiger partial charge in [0, 0.05) is 25.7 Å². The summed E-state index contributed by atoms with van der Waals surface area (Å²) in [6, 6.07) is 3.79. The van der Waals surface area contributed by atoms with Gasteiger partial charge in [0.05, 0.1) is 6.10 Å². The van der Waals surface area contributed by atoms with Crippen LogP contribution in [0.1, 0.15) is 13.8 Å². The Hall–Kier alpha value is -0.960. The van der Waals surface area contributed by atoms with Gasteiger partial charge in [-0.2, -0.15) is 0 Å². The van der Waals surface area contributed by atoms with E-state index >= 15 is 0 Å². The van der Waals surface area contributed by atoms with Crippen LogP contribution in [0.2, 0.25) is 0 Å². The maximum absolute atomic E-state index is 5.69. The van der Waals surface area contributed by atoms with Crippen LogP contribution >= 0.6 is 11.6 Å². The average molecular weight is 229 g/mol. The van der Waals surface area contributed by atoms with E-state index in [1.54, 1.807) is 6.20 Å². The molecule has 0 atom stereocenters. The van der Waals surface area contributed by atoms with Crippen molar-refractivity contribution in [1.29, 1.82) is 0 Å². The minimum atomic E-state index is 0.150. The van der Waals surface area contributed by atoms with Crippen LogP contribution in [-0.2, 0) is 0 Å². The van der Waals surface area contributed by atoms with Crippen molar-refractivity contribution in [3.63, 3.8) is 0 Å². The lowest BCUT2D eigenvalue weighted by Crippen LogP contribution is -2.22. The molecule has 3 nitrogen and oxygen atoms in total. The Labute approximate surface area is 96.0 Å². The van der Waals surface area contributed by atoms with E-state index in [0.29, 0.717) is 5.88 Å². The third kappa shape index (κ3) is 3.59. The highest BCUT2D eigenvalue weighted by atomic mass is 35.5. The standard InChI is InChI=1S/C11H17ClN2O/c1-9(2)15-10-5-4-7-13-11(10)14(3)8-6-12/h4-5,7,9H,6,8H2,1-3H3. The van der Waals surface area contributed by atoms with Crippen LogP contribution in [0.4, 0.5) is 5.82 Å². The van der Waals surface area contributed by atoms with E-state index < -0.39 is 0 Å². The third-order valence-electron chi connectivity index (χ3n) is 1.90. The Balaban J connectivity index is 2.85. The molecule has 0 aromatic carbocycles. The molecule has 4 heteroatoms. The third-order valence-corrected chi connectivity index (χ3v) is 2.06. The van der Waals surface area contributed by atoms with E-state index in [1.807, 2.05) is 37.9 Å². The molecule has 0 bridgehead atoms. The van der Waals surface area contributed by atoms with Crippen molar-refractivity contribution in [2.45, 2.75) is 20.0 Å². The molecule has 0 aliphatic heterocycles. The maximum atomic E-state index is 5.69. The molecule has 0 spiro atoms. The largest absolute Gasteiger partial charge is 0.487 e. The van der Waals surface area contributed by atoms with Gasteiger partial charge in [-0.15, -0.1) is 11.6 Å². The zero-order valence-corrected chi connectivity index (χ0v) is 10.2. The first-order chi connectivity index (χ1) is 7.15. The topological polar surface area (TPSA) is 25.4 Å². The number of rotatable bonds is 5. The zero-order chi connectivity index (χ0) is 11.3. The highest BCUT2D eigenvalue weighted by Gasteiger charge is 2.10. The summed E-state index contributed by atoms with van der Waals surface area (Å²) in [6.07, 6.45) is 1.91. The van der Waals surface area contributed by atoms with Crippen molar-refractivity contribution < 1.29 is 4.74 Å². The van der Waals surface area contributed by atoms with E-state index in [-0.39, 0.29) is 6.10 Å². The minimum Gasteiger partial charge on any atom is -0.487 e. The van der Waals surface area contributed by atoms with Gasteiger partial charge in [-0.05, 0) is 26.0 Å². The predicted octanol–water partition coefficient (Wildman–Crippen LogP) is 2.54. The lowest BCUT2D eigenvalue weighted by Gasteiger charge is -2.21. The van der Waals surface area contributed by atoms with Crippen LogP contribution in [0.3, 0.4) is 0 Å². The molecule has 15 heavy (non-hydrogen) atoms. The summed E-state index contributed by atoms with van der Waals surface area (Å²) in [5.74, 6) is 2.22. The summed E-state index contributed by atoms with van der Waals surface area (Å²) >= 11 is 5.69. The van der Waals surface area contributed by atoms with Crippen LogP contribution in [-0.4, -0.2) is 30.6 Å². The van der Waals surface area contributed by atoms with E-state index in [9.17, 15) is 0 Å². The average Bonchev–Trinajstić information content (AvgIpc) is 2.18. The molecule has 1 aromatic rings. The number of pyridine rings is 1. The van der Waals surface area contributed by atoms with Crippen LogP contribution in [0.5, 0.6) is 5.75 Å². The fourth-order valence-corrected chi connectivity index (χ4v) is 1.50. The minimum absolute atomic E-state index is 0.150. The highest BCUT2D eigenvalue weighted by molar-refractivity contribution is 6.18. The first kappa shape index (κ1) is 12.1. The van der Waals surface area contributed by atoms with Gasteiger partial charge in [0.1, 0.15) is 0 Å². The molecule has 0 amide bonds.